The number of benzene rings is 1. The van der Waals surface area contributed by atoms with Crippen molar-refractivity contribution in [2.24, 2.45) is 0 Å². The summed E-state index contributed by atoms with van der Waals surface area (Å²) in [5, 5.41) is 7.68. The van der Waals surface area contributed by atoms with Gasteiger partial charge in [0.15, 0.2) is 0 Å². The van der Waals surface area contributed by atoms with Crippen LogP contribution in [0.2, 0.25) is 0 Å². The minimum atomic E-state index is -0.819. The number of amides is 4. The number of hydrogen-bond donors (Lipinski definition) is 3. The third-order valence-electron chi connectivity index (χ3n) is 3.54. The van der Waals surface area contributed by atoms with E-state index >= 15 is 0 Å². The number of hydrogen-bond acceptors (Lipinski definition) is 3. The van der Waals surface area contributed by atoms with Crippen molar-refractivity contribution in [3.05, 3.63) is 29.3 Å². The molecule has 0 saturated carbocycles. The summed E-state index contributed by atoms with van der Waals surface area (Å²) in [6.07, 6.45) is 0.822. The molecule has 1 aliphatic rings. The Kier molecular flexibility index (Phi) is 3.97. The number of anilines is 1. The smallest absolute Gasteiger partial charge is 0.319 e. The first kappa shape index (κ1) is 15.0. The zero-order valence-corrected chi connectivity index (χ0v) is 12.4. The van der Waals surface area contributed by atoms with Crippen LogP contribution in [-0.4, -0.2) is 24.4 Å². The van der Waals surface area contributed by atoms with Crippen molar-refractivity contribution >= 4 is 23.5 Å². The molecule has 1 heterocycles. The van der Waals surface area contributed by atoms with Crippen molar-refractivity contribution in [3.8, 4) is 0 Å². The maximum Gasteiger partial charge on any atom is 0.319 e. The molecule has 21 heavy (non-hydrogen) atoms. The molecule has 0 bridgehead atoms. The van der Waals surface area contributed by atoms with Crippen LogP contribution >= 0.6 is 0 Å². The van der Waals surface area contributed by atoms with Gasteiger partial charge in [-0.25, -0.2) is 4.79 Å². The summed E-state index contributed by atoms with van der Waals surface area (Å²) < 4.78 is 0. The second-order valence-electron chi connectivity index (χ2n) is 5.52. The molecular formula is C15H19N3O3. The highest BCUT2D eigenvalue weighted by Crippen LogP contribution is 2.34. The molecule has 2 rings (SSSR count). The highest BCUT2D eigenvalue weighted by Gasteiger charge is 2.40. The van der Waals surface area contributed by atoms with E-state index in [1.54, 1.807) is 32.0 Å². The molecule has 0 unspecified atom stereocenters. The fourth-order valence-corrected chi connectivity index (χ4v) is 2.27. The van der Waals surface area contributed by atoms with Crippen LogP contribution in [0.1, 0.15) is 43.1 Å². The topological polar surface area (TPSA) is 87.3 Å². The predicted molar refractivity (Wildman–Crippen MR) is 79.3 cm³/mol. The monoisotopic (exact) mass is 289 g/mol. The molecule has 6 heteroatoms. The lowest BCUT2D eigenvalue weighted by atomic mass is 9.77. The molecule has 1 aromatic carbocycles. The van der Waals surface area contributed by atoms with Crippen LogP contribution in [0, 0.1) is 0 Å². The highest BCUT2D eigenvalue weighted by molar-refractivity contribution is 6.16. The Morgan fingerprint density at radius 2 is 2.00 bits per heavy atom. The van der Waals surface area contributed by atoms with Gasteiger partial charge < -0.3 is 10.6 Å². The Hall–Kier alpha value is -2.37. The second kappa shape index (κ2) is 5.55. The highest BCUT2D eigenvalue weighted by atomic mass is 16.2. The second-order valence-corrected chi connectivity index (χ2v) is 5.52. The van der Waals surface area contributed by atoms with Crippen molar-refractivity contribution in [3.63, 3.8) is 0 Å². The van der Waals surface area contributed by atoms with Crippen LogP contribution in [0.25, 0.3) is 0 Å². The van der Waals surface area contributed by atoms with E-state index in [9.17, 15) is 14.4 Å². The van der Waals surface area contributed by atoms with Gasteiger partial charge in [0.25, 0.3) is 5.91 Å². The van der Waals surface area contributed by atoms with Gasteiger partial charge in [-0.2, -0.15) is 0 Å². The fourth-order valence-electron chi connectivity index (χ4n) is 2.27. The van der Waals surface area contributed by atoms with E-state index in [-0.39, 0.29) is 11.9 Å². The lowest BCUT2D eigenvalue weighted by Gasteiger charge is -2.31. The van der Waals surface area contributed by atoms with E-state index in [1.807, 2.05) is 6.92 Å². The third-order valence-corrected chi connectivity index (χ3v) is 3.54. The average molecular weight is 289 g/mol. The maximum absolute atomic E-state index is 12.1. The minimum absolute atomic E-state index is 0.340. The zero-order chi connectivity index (χ0) is 15.6. The van der Waals surface area contributed by atoms with Crippen molar-refractivity contribution in [1.82, 2.24) is 10.6 Å². The Morgan fingerprint density at radius 1 is 1.29 bits per heavy atom. The molecule has 0 fully saturated rings. The Balaban J connectivity index is 2.38. The number of fused-ring (bicyclic) bond motifs is 1. The van der Waals surface area contributed by atoms with Crippen molar-refractivity contribution < 1.29 is 14.4 Å². The quantitative estimate of drug-likeness (QED) is 0.741. The molecule has 112 valence electrons. The largest absolute Gasteiger partial charge is 0.338 e. The normalized spacial score (nSPS) is 16.0. The van der Waals surface area contributed by atoms with E-state index in [0.717, 1.165) is 6.42 Å². The first-order valence-electron chi connectivity index (χ1n) is 6.92. The van der Waals surface area contributed by atoms with E-state index in [1.165, 1.54) is 0 Å². The molecule has 3 N–H and O–H groups in total. The Morgan fingerprint density at radius 3 is 2.67 bits per heavy atom. The SMILES string of the molecule is CCCNC(=O)Nc1cccc2c1C(=O)NC(=O)C2(C)C. The van der Waals surface area contributed by atoms with E-state index in [0.29, 0.717) is 23.4 Å². The summed E-state index contributed by atoms with van der Waals surface area (Å²) in [4.78, 5) is 35.8. The van der Waals surface area contributed by atoms with Gasteiger partial charge in [0, 0.05) is 6.54 Å². The number of carbonyl (C=O) groups is 3. The summed E-state index contributed by atoms with van der Waals surface area (Å²) in [6, 6.07) is 4.74. The molecule has 6 nitrogen and oxygen atoms in total. The lowest BCUT2D eigenvalue weighted by molar-refractivity contribution is -0.125. The number of carbonyl (C=O) groups excluding carboxylic acids is 3. The van der Waals surface area contributed by atoms with Crippen LogP contribution < -0.4 is 16.0 Å². The van der Waals surface area contributed by atoms with Crippen molar-refractivity contribution in [1.29, 1.82) is 0 Å². The Labute approximate surface area is 123 Å². The molecule has 4 amide bonds. The summed E-state index contributed by atoms with van der Waals surface area (Å²) in [7, 11) is 0. The van der Waals surface area contributed by atoms with Gasteiger partial charge in [0.1, 0.15) is 0 Å². The van der Waals surface area contributed by atoms with Crippen LogP contribution in [0.15, 0.2) is 18.2 Å². The van der Waals surface area contributed by atoms with Crippen molar-refractivity contribution in [2.45, 2.75) is 32.6 Å². The van der Waals surface area contributed by atoms with Gasteiger partial charge in [0.05, 0.1) is 16.7 Å². The van der Waals surface area contributed by atoms with Crippen molar-refractivity contribution in [2.75, 3.05) is 11.9 Å². The van der Waals surface area contributed by atoms with Gasteiger partial charge >= 0.3 is 6.03 Å². The van der Waals surface area contributed by atoms with Crippen LogP contribution in [0.5, 0.6) is 0 Å². The molecule has 0 aliphatic carbocycles. The van der Waals surface area contributed by atoms with Gasteiger partial charge in [0.2, 0.25) is 5.91 Å². The average Bonchev–Trinajstić information content (AvgIpc) is 2.43. The van der Waals surface area contributed by atoms with E-state index in [2.05, 4.69) is 16.0 Å². The molecule has 1 aliphatic heterocycles. The van der Waals surface area contributed by atoms with Crippen LogP contribution in [0.4, 0.5) is 10.5 Å². The van der Waals surface area contributed by atoms with Crippen LogP contribution in [0.3, 0.4) is 0 Å². The Bertz CT molecular complexity index is 608. The molecule has 0 radical (unpaired) electrons. The van der Waals surface area contributed by atoms with Gasteiger partial charge in [-0.05, 0) is 31.9 Å². The summed E-state index contributed by atoms with van der Waals surface area (Å²) in [5.41, 5.74) is 0.540. The van der Waals surface area contributed by atoms with E-state index < -0.39 is 11.3 Å². The standard InChI is InChI=1S/C15H19N3O3/c1-4-8-16-14(21)17-10-7-5-6-9-11(10)12(19)18-13(20)15(9,2)3/h5-7H,4,8H2,1-3H3,(H2,16,17,21)(H,18,19,20). The number of imide groups is 1. The van der Waals surface area contributed by atoms with Gasteiger partial charge in [-0.3, -0.25) is 14.9 Å². The first-order chi connectivity index (χ1) is 9.87. The lowest BCUT2D eigenvalue weighted by Crippen LogP contribution is -2.49. The maximum atomic E-state index is 12.1. The third kappa shape index (κ3) is 2.74. The summed E-state index contributed by atoms with van der Waals surface area (Å²) in [5.74, 6) is -0.826. The molecule has 1 aromatic rings. The molecule has 0 aromatic heterocycles. The van der Waals surface area contributed by atoms with Gasteiger partial charge in [-0.1, -0.05) is 19.1 Å². The predicted octanol–water partition coefficient (Wildman–Crippen LogP) is 1.77. The summed E-state index contributed by atoms with van der Waals surface area (Å²) in [6.45, 7) is 5.99. The number of nitrogens with one attached hydrogen (secondary N) is 3. The molecule has 0 spiro atoms. The number of rotatable bonds is 3. The number of urea groups is 1. The first-order valence-corrected chi connectivity index (χ1v) is 6.92. The molecular weight excluding hydrogens is 270 g/mol. The van der Waals surface area contributed by atoms with Gasteiger partial charge in [-0.15, -0.1) is 0 Å². The molecule has 0 atom stereocenters. The zero-order valence-electron chi connectivity index (χ0n) is 12.4. The van der Waals surface area contributed by atoms with E-state index in [4.69, 9.17) is 0 Å². The van der Waals surface area contributed by atoms with Crippen LogP contribution in [-0.2, 0) is 10.2 Å². The summed E-state index contributed by atoms with van der Waals surface area (Å²) >= 11 is 0. The fraction of sp³-hybridized carbons (Fsp3) is 0.400. The minimum Gasteiger partial charge on any atom is -0.338 e. The molecule has 0 saturated heterocycles.